The summed E-state index contributed by atoms with van der Waals surface area (Å²) in [6.45, 7) is 4.98. The quantitative estimate of drug-likeness (QED) is 0.891. The monoisotopic (exact) mass is 274 g/mol. The van der Waals surface area contributed by atoms with Crippen molar-refractivity contribution in [1.82, 2.24) is 4.98 Å². The van der Waals surface area contributed by atoms with Crippen LogP contribution in [0.5, 0.6) is 0 Å². The van der Waals surface area contributed by atoms with Crippen LogP contribution in [0, 0.1) is 5.92 Å². The Labute approximate surface area is 117 Å². The zero-order valence-corrected chi connectivity index (χ0v) is 11.5. The number of carbonyl (C=O) groups is 1. The Balaban J connectivity index is 2.04. The number of aromatic nitrogens is 1. The van der Waals surface area contributed by atoms with Crippen molar-refractivity contribution in [2.24, 2.45) is 5.92 Å². The van der Waals surface area contributed by atoms with Gasteiger partial charge in [0.05, 0.1) is 13.2 Å². The number of carboxylic acids is 1. The highest BCUT2D eigenvalue weighted by molar-refractivity contribution is 5.91. The molecule has 0 amide bonds. The second-order valence-corrected chi connectivity index (χ2v) is 5.35. The molecular weight excluding hydrogens is 256 g/mol. The topological polar surface area (TPSA) is 62.7 Å². The molecule has 5 nitrogen and oxygen atoms in total. The number of allylic oxidation sites excluding steroid dienone is 1. The van der Waals surface area contributed by atoms with E-state index < -0.39 is 5.97 Å². The molecule has 1 atom stereocenters. The fraction of sp³-hybridized carbons (Fsp3) is 0.467. The number of anilines is 1. The number of hydrogen-bond acceptors (Lipinski definition) is 4. The maximum Gasteiger partial charge on any atom is 0.355 e. The molecule has 1 aliphatic carbocycles. The minimum atomic E-state index is -0.962. The van der Waals surface area contributed by atoms with Crippen molar-refractivity contribution < 1.29 is 14.6 Å². The fourth-order valence-electron chi connectivity index (χ4n) is 2.74. The number of ether oxygens (including phenoxy) is 1. The first-order valence-corrected chi connectivity index (χ1v) is 6.93. The first-order chi connectivity index (χ1) is 9.65. The van der Waals surface area contributed by atoms with Crippen LogP contribution in [0.1, 0.15) is 28.5 Å². The van der Waals surface area contributed by atoms with Gasteiger partial charge in [-0.15, -0.1) is 0 Å². The molecule has 1 fully saturated rings. The molecule has 3 rings (SSSR count). The van der Waals surface area contributed by atoms with Crippen LogP contribution >= 0.6 is 0 Å². The van der Waals surface area contributed by atoms with Gasteiger partial charge < -0.3 is 14.7 Å². The minimum Gasteiger partial charge on any atom is -0.476 e. The lowest BCUT2D eigenvalue weighted by Gasteiger charge is -2.29. The first kappa shape index (κ1) is 13.1. The van der Waals surface area contributed by atoms with Gasteiger partial charge in [0.2, 0.25) is 0 Å². The Morgan fingerprint density at radius 2 is 2.20 bits per heavy atom. The summed E-state index contributed by atoms with van der Waals surface area (Å²) < 4.78 is 5.33. The summed E-state index contributed by atoms with van der Waals surface area (Å²) in [7, 11) is 0. The van der Waals surface area contributed by atoms with Gasteiger partial charge in [-0.05, 0) is 24.0 Å². The van der Waals surface area contributed by atoms with Gasteiger partial charge in [0.1, 0.15) is 5.82 Å². The van der Waals surface area contributed by atoms with Gasteiger partial charge in [0, 0.05) is 18.7 Å². The SMILES string of the molecule is CC1C=Cc2c(cc(N3CCOCC3)nc2C(=O)O)C1. The summed E-state index contributed by atoms with van der Waals surface area (Å²) in [5.74, 6) is 0.228. The van der Waals surface area contributed by atoms with Gasteiger partial charge in [0.15, 0.2) is 5.69 Å². The Bertz CT molecular complexity index is 562. The second-order valence-electron chi connectivity index (χ2n) is 5.35. The molecule has 5 heteroatoms. The molecule has 1 aromatic rings. The molecule has 0 spiro atoms. The maximum atomic E-state index is 11.4. The lowest BCUT2D eigenvalue weighted by molar-refractivity contribution is 0.0690. The average molecular weight is 274 g/mol. The molecule has 0 aromatic carbocycles. The zero-order chi connectivity index (χ0) is 14.1. The van der Waals surface area contributed by atoms with Gasteiger partial charge in [0.25, 0.3) is 0 Å². The Hall–Kier alpha value is -1.88. The summed E-state index contributed by atoms with van der Waals surface area (Å²) in [6.07, 6.45) is 4.81. The van der Waals surface area contributed by atoms with Crippen LogP contribution in [0.3, 0.4) is 0 Å². The highest BCUT2D eigenvalue weighted by Gasteiger charge is 2.22. The maximum absolute atomic E-state index is 11.4. The van der Waals surface area contributed by atoms with Gasteiger partial charge in [-0.1, -0.05) is 19.1 Å². The summed E-state index contributed by atoms with van der Waals surface area (Å²) in [4.78, 5) is 17.9. The number of rotatable bonds is 2. The summed E-state index contributed by atoms with van der Waals surface area (Å²) >= 11 is 0. The number of hydrogen-bond donors (Lipinski definition) is 1. The third kappa shape index (κ3) is 2.41. The predicted molar refractivity (Wildman–Crippen MR) is 76.1 cm³/mol. The minimum absolute atomic E-state index is 0.159. The van der Waals surface area contributed by atoms with Crippen LogP contribution in [-0.2, 0) is 11.2 Å². The van der Waals surface area contributed by atoms with E-state index in [9.17, 15) is 9.90 Å². The van der Waals surface area contributed by atoms with E-state index in [0.717, 1.165) is 36.5 Å². The second kappa shape index (κ2) is 5.25. The van der Waals surface area contributed by atoms with Gasteiger partial charge in [-0.25, -0.2) is 9.78 Å². The molecule has 0 saturated carbocycles. The van der Waals surface area contributed by atoms with Crippen LogP contribution in [-0.4, -0.2) is 42.4 Å². The van der Waals surface area contributed by atoms with E-state index in [0.29, 0.717) is 19.1 Å². The average Bonchev–Trinajstić information content (AvgIpc) is 2.46. The van der Waals surface area contributed by atoms with E-state index in [1.165, 1.54) is 0 Å². The van der Waals surface area contributed by atoms with E-state index in [2.05, 4.69) is 16.8 Å². The molecule has 1 N–H and O–H groups in total. The molecule has 1 aromatic heterocycles. The zero-order valence-electron chi connectivity index (χ0n) is 11.5. The van der Waals surface area contributed by atoms with Crippen molar-refractivity contribution in [3.05, 3.63) is 29.0 Å². The van der Waals surface area contributed by atoms with Gasteiger partial charge >= 0.3 is 5.97 Å². The third-order valence-corrected chi connectivity index (χ3v) is 3.80. The van der Waals surface area contributed by atoms with Gasteiger partial charge in [-0.2, -0.15) is 0 Å². The molecule has 1 unspecified atom stereocenters. The van der Waals surface area contributed by atoms with Crippen LogP contribution in [0.2, 0.25) is 0 Å². The van der Waals surface area contributed by atoms with Crippen molar-refractivity contribution in [3.8, 4) is 0 Å². The fourth-order valence-corrected chi connectivity index (χ4v) is 2.74. The van der Waals surface area contributed by atoms with Crippen molar-refractivity contribution >= 4 is 17.9 Å². The Kier molecular flexibility index (Phi) is 3.44. The van der Waals surface area contributed by atoms with Crippen molar-refractivity contribution in [3.63, 3.8) is 0 Å². The molecule has 2 aliphatic rings. The lowest BCUT2D eigenvalue weighted by atomic mass is 9.90. The van der Waals surface area contributed by atoms with Crippen LogP contribution in [0.15, 0.2) is 12.1 Å². The predicted octanol–water partition coefficient (Wildman–Crippen LogP) is 1.82. The normalized spacial score (nSPS) is 21.6. The number of morpholine rings is 1. The van der Waals surface area contributed by atoms with Crippen LogP contribution < -0.4 is 4.90 Å². The Morgan fingerprint density at radius 1 is 1.45 bits per heavy atom. The van der Waals surface area contributed by atoms with Gasteiger partial charge in [-0.3, -0.25) is 0 Å². The Morgan fingerprint density at radius 3 is 2.90 bits per heavy atom. The highest BCUT2D eigenvalue weighted by atomic mass is 16.5. The molecule has 0 bridgehead atoms. The van der Waals surface area contributed by atoms with Crippen molar-refractivity contribution in [1.29, 1.82) is 0 Å². The number of nitrogens with zero attached hydrogens (tertiary/aromatic N) is 2. The van der Waals surface area contributed by atoms with Crippen LogP contribution in [0.4, 0.5) is 5.82 Å². The number of aromatic carboxylic acids is 1. The first-order valence-electron chi connectivity index (χ1n) is 6.93. The highest BCUT2D eigenvalue weighted by Crippen LogP contribution is 2.28. The van der Waals surface area contributed by atoms with E-state index in [1.54, 1.807) is 0 Å². The standard InChI is InChI=1S/C15H18N2O3/c1-10-2-3-12-11(8-10)9-13(16-14(12)15(18)19)17-4-6-20-7-5-17/h2-3,9-10H,4-8H2,1H3,(H,18,19). The smallest absolute Gasteiger partial charge is 0.355 e. The summed E-state index contributed by atoms with van der Waals surface area (Å²) in [5.41, 5.74) is 1.99. The largest absolute Gasteiger partial charge is 0.476 e. The van der Waals surface area contributed by atoms with E-state index in [-0.39, 0.29) is 5.69 Å². The molecular formula is C15H18N2O3. The lowest BCUT2D eigenvalue weighted by Crippen LogP contribution is -2.37. The summed E-state index contributed by atoms with van der Waals surface area (Å²) in [5, 5.41) is 9.39. The van der Waals surface area contributed by atoms with Crippen molar-refractivity contribution in [2.75, 3.05) is 31.2 Å². The number of fused-ring (bicyclic) bond motifs is 1. The molecule has 106 valence electrons. The number of pyridine rings is 1. The number of carboxylic acid groups (broad SMARTS) is 1. The molecule has 2 heterocycles. The van der Waals surface area contributed by atoms with Crippen molar-refractivity contribution in [2.45, 2.75) is 13.3 Å². The molecule has 1 aliphatic heterocycles. The van der Waals surface area contributed by atoms with E-state index >= 15 is 0 Å². The molecule has 0 radical (unpaired) electrons. The summed E-state index contributed by atoms with van der Waals surface area (Å²) in [6, 6.07) is 2.03. The van der Waals surface area contributed by atoms with Crippen LogP contribution in [0.25, 0.3) is 6.08 Å². The van der Waals surface area contributed by atoms with E-state index in [1.807, 2.05) is 18.2 Å². The van der Waals surface area contributed by atoms with E-state index in [4.69, 9.17) is 4.74 Å². The third-order valence-electron chi connectivity index (χ3n) is 3.80. The molecule has 1 saturated heterocycles. The molecule has 20 heavy (non-hydrogen) atoms.